The maximum Gasteiger partial charge on any atom is 0.225 e. The maximum atomic E-state index is 11.8. The number of piperidine rings is 1. The van der Waals surface area contributed by atoms with Crippen LogP contribution < -0.4 is 5.32 Å². The van der Waals surface area contributed by atoms with E-state index >= 15 is 0 Å². The Hall–Kier alpha value is -0.610. The summed E-state index contributed by atoms with van der Waals surface area (Å²) >= 11 is 0. The minimum Gasteiger partial charge on any atom is -0.389 e. The monoisotopic (exact) mass is 214 g/mol. The molecule has 15 heavy (non-hydrogen) atoms. The second-order valence-corrected chi connectivity index (χ2v) is 4.22. The fraction of sp³-hybridized carbons (Fsp3) is 0.909. The summed E-state index contributed by atoms with van der Waals surface area (Å²) in [5.74, 6) is 0.0735. The molecule has 1 fully saturated rings. The largest absolute Gasteiger partial charge is 0.389 e. The lowest BCUT2D eigenvalue weighted by molar-refractivity contribution is -0.137. The number of carbonyl (C=O) groups is 1. The van der Waals surface area contributed by atoms with E-state index in [0.29, 0.717) is 12.8 Å². The first-order valence-corrected chi connectivity index (χ1v) is 5.82. The van der Waals surface area contributed by atoms with Crippen LogP contribution in [0.4, 0.5) is 0 Å². The smallest absolute Gasteiger partial charge is 0.225 e. The summed E-state index contributed by atoms with van der Waals surface area (Å²) in [6.45, 7) is 7.00. The van der Waals surface area contributed by atoms with Crippen LogP contribution in [-0.4, -0.2) is 47.7 Å². The van der Waals surface area contributed by atoms with Gasteiger partial charge in [-0.15, -0.1) is 0 Å². The van der Waals surface area contributed by atoms with Crippen LogP contribution in [0.5, 0.6) is 0 Å². The summed E-state index contributed by atoms with van der Waals surface area (Å²) in [7, 11) is 0. The molecule has 1 saturated heterocycles. The zero-order valence-electron chi connectivity index (χ0n) is 9.75. The summed E-state index contributed by atoms with van der Waals surface area (Å²) in [5, 5.41) is 13.4. The summed E-state index contributed by atoms with van der Waals surface area (Å²) < 4.78 is 0. The minimum absolute atomic E-state index is 0.0735. The van der Waals surface area contributed by atoms with Gasteiger partial charge in [-0.25, -0.2) is 0 Å². The number of amides is 1. The van der Waals surface area contributed by atoms with E-state index in [4.69, 9.17) is 0 Å². The van der Waals surface area contributed by atoms with Crippen LogP contribution in [0.1, 0.15) is 33.1 Å². The first kappa shape index (κ1) is 12.5. The Bertz CT molecular complexity index is 209. The van der Waals surface area contributed by atoms with Gasteiger partial charge in [0.25, 0.3) is 0 Å². The maximum absolute atomic E-state index is 11.8. The average molecular weight is 214 g/mol. The van der Waals surface area contributed by atoms with Gasteiger partial charge in [-0.05, 0) is 39.8 Å². The van der Waals surface area contributed by atoms with Crippen LogP contribution in [0.25, 0.3) is 0 Å². The second kappa shape index (κ2) is 5.47. The molecule has 0 spiro atoms. The van der Waals surface area contributed by atoms with Gasteiger partial charge in [0.05, 0.1) is 12.0 Å². The third-order valence-corrected chi connectivity index (χ3v) is 3.13. The van der Waals surface area contributed by atoms with Gasteiger partial charge in [-0.2, -0.15) is 0 Å². The zero-order valence-corrected chi connectivity index (χ0v) is 9.75. The van der Waals surface area contributed by atoms with Gasteiger partial charge in [0, 0.05) is 13.1 Å². The van der Waals surface area contributed by atoms with E-state index < -0.39 is 5.60 Å². The molecule has 2 N–H and O–H groups in total. The van der Waals surface area contributed by atoms with Crippen molar-refractivity contribution in [3.63, 3.8) is 0 Å². The van der Waals surface area contributed by atoms with E-state index in [1.807, 2.05) is 13.8 Å². The lowest BCUT2D eigenvalue weighted by Crippen LogP contribution is -2.46. The number of aliphatic hydroxyl groups is 1. The first-order chi connectivity index (χ1) is 7.11. The van der Waals surface area contributed by atoms with Crippen molar-refractivity contribution in [2.45, 2.75) is 38.7 Å². The van der Waals surface area contributed by atoms with Crippen LogP contribution in [-0.2, 0) is 4.79 Å². The highest BCUT2D eigenvalue weighted by Gasteiger charge is 2.32. The molecule has 0 bridgehead atoms. The normalized spacial score (nSPS) is 19.9. The van der Waals surface area contributed by atoms with Crippen LogP contribution in [0.15, 0.2) is 0 Å². The molecule has 0 aromatic carbocycles. The van der Waals surface area contributed by atoms with Gasteiger partial charge in [-0.3, -0.25) is 4.79 Å². The van der Waals surface area contributed by atoms with E-state index in [2.05, 4.69) is 5.32 Å². The quantitative estimate of drug-likeness (QED) is 0.710. The highest BCUT2D eigenvalue weighted by molar-refractivity contribution is 5.77. The van der Waals surface area contributed by atoms with Gasteiger partial charge < -0.3 is 15.3 Å². The fourth-order valence-corrected chi connectivity index (χ4v) is 2.04. The number of hydrogen-bond acceptors (Lipinski definition) is 3. The molecule has 0 saturated carbocycles. The van der Waals surface area contributed by atoms with E-state index in [1.54, 1.807) is 4.90 Å². The first-order valence-electron chi connectivity index (χ1n) is 5.82. The number of nitrogens with zero attached hydrogens (tertiary/aromatic N) is 1. The SMILES string of the molecule is CCN(CC)C(=O)CC1(O)CCNCC1. The Labute approximate surface area is 91.6 Å². The Morgan fingerprint density at radius 2 is 1.87 bits per heavy atom. The Morgan fingerprint density at radius 1 is 1.33 bits per heavy atom. The molecule has 4 nitrogen and oxygen atoms in total. The van der Waals surface area contributed by atoms with Gasteiger partial charge in [0.2, 0.25) is 5.91 Å². The Balaban J connectivity index is 2.48. The Morgan fingerprint density at radius 3 is 2.33 bits per heavy atom. The molecule has 1 aliphatic heterocycles. The molecule has 0 unspecified atom stereocenters. The van der Waals surface area contributed by atoms with Crippen molar-refractivity contribution < 1.29 is 9.90 Å². The molecule has 0 aromatic heterocycles. The summed E-state index contributed by atoms with van der Waals surface area (Å²) in [6, 6.07) is 0. The molecule has 0 atom stereocenters. The van der Waals surface area contributed by atoms with Crippen molar-refractivity contribution in [3.05, 3.63) is 0 Å². The van der Waals surface area contributed by atoms with Crippen molar-refractivity contribution >= 4 is 5.91 Å². The topological polar surface area (TPSA) is 52.6 Å². The molecular formula is C11H22N2O2. The average Bonchev–Trinajstić information content (AvgIpc) is 2.19. The molecule has 1 heterocycles. The zero-order chi connectivity index (χ0) is 11.3. The highest BCUT2D eigenvalue weighted by Crippen LogP contribution is 2.22. The fourth-order valence-electron chi connectivity index (χ4n) is 2.04. The number of carbonyl (C=O) groups excluding carboxylic acids is 1. The van der Waals surface area contributed by atoms with E-state index in [0.717, 1.165) is 26.2 Å². The predicted octanol–water partition coefficient (Wildman–Crippen LogP) is 0.359. The van der Waals surface area contributed by atoms with Crippen LogP contribution in [0.2, 0.25) is 0 Å². The van der Waals surface area contributed by atoms with Crippen molar-refractivity contribution in [1.29, 1.82) is 0 Å². The van der Waals surface area contributed by atoms with E-state index in [9.17, 15) is 9.90 Å². The summed E-state index contributed by atoms with van der Waals surface area (Å²) in [4.78, 5) is 13.6. The minimum atomic E-state index is -0.773. The molecule has 0 aliphatic carbocycles. The number of nitrogens with one attached hydrogen (secondary N) is 1. The molecule has 0 aromatic rings. The second-order valence-electron chi connectivity index (χ2n) is 4.22. The molecule has 1 rings (SSSR count). The standard InChI is InChI=1S/C11H22N2O2/c1-3-13(4-2)10(14)9-11(15)5-7-12-8-6-11/h12,15H,3-9H2,1-2H3. The third-order valence-electron chi connectivity index (χ3n) is 3.13. The third kappa shape index (κ3) is 3.47. The van der Waals surface area contributed by atoms with Crippen LogP contribution in [0, 0.1) is 0 Å². The van der Waals surface area contributed by atoms with Gasteiger partial charge in [0.1, 0.15) is 0 Å². The van der Waals surface area contributed by atoms with E-state index in [-0.39, 0.29) is 12.3 Å². The summed E-state index contributed by atoms with van der Waals surface area (Å²) in [6.07, 6.45) is 1.64. The lowest BCUT2D eigenvalue weighted by atomic mass is 9.88. The molecule has 88 valence electrons. The van der Waals surface area contributed by atoms with Crippen molar-refractivity contribution in [3.8, 4) is 0 Å². The predicted molar refractivity (Wildman–Crippen MR) is 59.6 cm³/mol. The molecule has 0 radical (unpaired) electrons. The summed E-state index contributed by atoms with van der Waals surface area (Å²) in [5.41, 5.74) is -0.773. The van der Waals surface area contributed by atoms with E-state index in [1.165, 1.54) is 0 Å². The number of rotatable bonds is 4. The molecule has 1 aliphatic rings. The van der Waals surface area contributed by atoms with Gasteiger partial charge >= 0.3 is 0 Å². The van der Waals surface area contributed by atoms with Gasteiger partial charge in [0.15, 0.2) is 0 Å². The number of hydrogen-bond donors (Lipinski definition) is 2. The lowest BCUT2D eigenvalue weighted by Gasteiger charge is -2.33. The van der Waals surface area contributed by atoms with Crippen molar-refractivity contribution in [2.24, 2.45) is 0 Å². The van der Waals surface area contributed by atoms with Crippen LogP contribution >= 0.6 is 0 Å². The van der Waals surface area contributed by atoms with Crippen LogP contribution in [0.3, 0.4) is 0 Å². The molecule has 4 heteroatoms. The van der Waals surface area contributed by atoms with Gasteiger partial charge in [-0.1, -0.05) is 0 Å². The molecule has 1 amide bonds. The highest BCUT2D eigenvalue weighted by atomic mass is 16.3. The van der Waals surface area contributed by atoms with Crippen molar-refractivity contribution in [1.82, 2.24) is 10.2 Å². The molecular weight excluding hydrogens is 192 g/mol. The van der Waals surface area contributed by atoms with Crippen molar-refractivity contribution in [2.75, 3.05) is 26.2 Å². The Kier molecular flexibility index (Phi) is 4.54.